The lowest BCUT2D eigenvalue weighted by molar-refractivity contribution is 0.168. The van der Waals surface area contributed by atoms with Crippen LogP contribution >= 0.6 is 0 Å². The summed E-state index contributed by atoms with van der Waals surface area (Å²) in [6, 6.07) is 7.69. The number of ether oxygens (including phenoxy) is 1. The summed E-state index contributed by atoms with van der Waals surface area (Å²) in [5.41, 5.74) is 1.73. The lowest BCUT2D eigenvalue weighted by Gasteiger charge is -2.19. The minimum atomic E-state index is -0.0567. The molecule has 0 fully saturated rings. The molecule has 0 N–H and O–H groups in total. The van der Waals surface area contributed by atoms with Gasteiger partial charge in [-0.25, -0.2) is 15.0 Å². The van der Waals surface area contributed by atoms with Gasteiger partial charge in [-0.05, 0) is 18.2 Å². The van der Waals surface area contributed by atoms with E-state index in [4.69, 9.17) is 4.74 Å². The Hall–Kier alpha value is -2.60. The van der Waals surface area contributed by atoms with Crippen molar-refractivity contribution < 1.29 is 4.74 Å². The Morgan fingerprint density at radius 1 is 1.09 bits per heavy atom. The largest absolute Gasteiger partial charge is 0.382 e. The summed E-state index contributed by atoms with van der Waals surface area (Å²) in [5.74, 6) is 1.59. The number of aromatic nitrogens is 5. The predicted molar refractivity (Wildman–Crippen MR) is 86.9 cm³/mol. The van der Waals surface area contributed by atoms with E-state index in [0.29, 0.717) is 6.61 Å². The molecule has 0 amide bonds. The van der Waals surface area contributed by atoms with Crippen molar-refractivity contribution >= 4 is 0 Å². The molecule has 0 spiro atoms. The van der Waals surface area contributed by atoms with Crippen molar-refractivity contribution in [2.75, 3.05) is 13.7 Å². The van der Waals surface area contributed by atoms with E-state index in [0.717, 1.165) is 29.5 Å². The van der Waals surface area contributed by atoms with Crippen LogP contribution in [0, 0.1) is 0 Å². The van der Waals surface area contributed by atoms with Crippen molar-refractivity contribution in [2.24, 2.45) is 0 Å². The smallest absolute Gasteiger partial charge is 0.159 e. The molecule has 0 aliphatic heterocycles. The van der Waals surface area contributed by atoms with E-state index in [1.807, 2.05) is 42.0 Å². The Morgan fingerprint density at radius 2 is 2.00 bits per heavy atom. The van der Waals surface area contributed by atoms with Crippen LogP contribution in [0.2, 0.25) is 0 Å². The normalized spacial score (nSPS) is 12.3. The van der Waals surface area contributed by atoms with Gasteiger partial charge >= 0.3 is 0 Å². The molecule has 6 heteroatoms. The second-order valence-corrected chi connectivity index (χ2v) is 5.10. The number of hydrogen-bond acceptors (Lipinski definition) is 5. The summed E-state index contributed by atoms with van der Waals surface area (Å²) in [7, 11) is 1.69. The van der Waals surface area contributed by atoms with Crippen LogP contribution in [-0.4, -0.2) is 38.2 Å². The molecular formula is C17H19N5O. The lowest BCUT2D eigenvalue weighted by Crippen LogP contribution is -2.18. The van der Waals surface area contributed by atoms with Gasteiger partial charge in [0.05, 0.1) is 12.3 Å². The fourth-order valence-corrected chi connectivity index (χ4v) is 2.50. The van der Waals surface area contributed by atoms with Gasteiger partial charge in [-0.1, -0.05) is 13.0 Å². The summed E-state index contributed by atoms with van der Waals surface area (Å²) in [6.45, 7) is 2.54. The van der Waals surface area contributed by atoms with E-state index in [-0.39, 0.29) is 6.04 Å². The molecule has 3 aromatic rings. The standard InChI is InChI=1S/C17H19N5O/c1-3-16-19-9-7-14(21-16)17-20-10-11-22(17)15(12-23-2)13-6-4-5-8-18-13/h4-11,15H,3,12H2,1-2H3. The first-order valence-electron chi connectivity index (χ1n) is 7.58. The Kier molecular flexibility index (Phi) is 4.73. The Labute approximate surface area is 135 Å². The van der Waals surface area contributed by atoms with Crippen LogP contribution in [0.4, 0.5) is 0 Å². The second kappa shape index (κ2) is 7.11. The van der Waals surface area contributed by atoms with Gasteiger partial charge in [0.15, 0.2) is 5.82 Å². The van der Waals surface area contributed by atoms with Crippen molar-refractivity contribution in [3.8, 4) is 11.5 Å². The topological polar surface area (TPSA) is 65.7 Å². The summed E-state index contributed by atoms with van der Waals surface area (Å²) < 4.78 is 7.45. The SMILES string of the molecule is CCc1nccc(-c2nccn2C(COC)c2ccccn2)n1. The van der Waals surface area contributed by atoms with Crippen molar-refractivity contribution in [1.82, 2.24) is 24.5 Å². The summed E-state index contributed by atoms with van der Waals surface area (Å²) >= 11 is 0. The third kappa shape index (κ3) is 3.27. The highest BCUT2D eigenvalue weighted by molar-refractivity contribution is 5.49. The van der Waals surface area contributed by atoms with Gasteiger partial charge in [0.2, 0.25) is 0 Å². The molecule has 3 rings (SSSR count). The number of methoxy groups -OCH3 is 1. The van der Waals surface area contributed by atoms with Crippen LogP contribution in [0.3, 0.4) is 0 Å². The zero-order valence-corrected chi connectivity index (χ0v) is 13.3. The summed E-state index contributed by atoms with van der Waals surface area (Å²) in [5, 5.41) is 0. The zero-order valence-electron chi connectivity index (χ0n) is 13.3. The van der Waals surface area contributed by atoms with Gasteiger partial charge in [-0.15, -0.1) is 0 Å². The fraction of sp³-hybridized carbons (Fsp3) is 0.294. The molecule has 3 heterocycles. The number of imidazole rings is 1. The number of hydrogen-bond donors (Lipinski definition) is 0. The highest BCUT2D eigenvalue weighted by Crippen LogP contribution is 2.23. The molecule has 1 unspecified atom stereocenters. The lowest BCUT2D eigenvalue weighted by atomic mass is 10.2. The van der Waals surface area contributed by atoms with E-state index in [1.165, 1.54) is 0 Å². The third-order valence-corrected chi connectivity index (χ3v) is 3.61. The van der Waals surface area contributed by atoms with Crippen molar-refractivity contribution in [1.29, 1.82) is 0 Å². The minimum absolute atomic E-state index is 0.0567. The van der Waals surface area contributed by atoms with Crippen LogP contribution in [0.15, 0.2) is 49.1 Å². The van der Waals surface area contributed by atoms with E-state index in [9.17, 15) is 0 Å². The molecule has 0 aromatic carbocycles. The van der Waals surface area contributed by atoms with Crippen LogP contribution in [-0.2, 0) is 11.2 Å². The molecule has 118 valence electrons. The molecule has 1 atom stereocenters. The Balaban J connectivity index is 2.04. The molecule has 0 bridgehead atoms. The molecule has 6 nitrogen and oxygen atoms in total. The number of pyridine rings is 1. The minimum Gasteiger partial charge on any atom is -0.382 e. The summed E-state index contributed by atoms with van der Waals surface area (Å²) in [4.78, 5) is 17.8. The average Bonchev–Trinajstić information content (AvgIpc) is 3.10. The van der Waals surface area contributed by atoms with Crippen molar-refractivity contribution in [3.63, 3.8) is 0 Å². The first-order chi connectivity index (χ1) is 11.3. The number of rotatable bonds is 6. The van der Waals surface area contributed by atoms with Gasteiger partial charge in [0.1, 0.15) is 17.6 Å². The van der Waals surface area contributed by atoms with E-state index in [2.05, 4.69) is 19.9 Å². The molecule has 23 heavy (non-hydrogen) atoms. The first-order valence-corrected chi connectivity index (χ1v) is 7.58. The van der Waals surface area contributed by atoms with E-state index < -0.39 is 0 Å². The second-order valence-electron chi connectivity index (χ2n) is 5.10. The van der Waals surface area contributed by atoms with Gasteiger partial charge in [-0.2, -0.15) is 0 Å². The molecular weight excluding hydrogens is 290 g/mol. The van der Waals surface area contributed by atoms with Gasteiger partial charge in [-0.3, -0.25) is 4.98 Å². The maximum atomic E-state index is 5.40. The molecule has 3 aromatic heterocycles. The van der Waals surface area contributed by atoms with E-state index >= 15 is 0 Å². The summed E-state index contributed by atoms with van der Waals surface area (Å²) in [6.07, 6.45) is 8.05. The van der Waals surface area contributed by atoms with Gasteiger partial charge in [0.25, 0.3) is 0 Å². The maximum absolute atomic E-state index is 5.40. The monoisotopic (exact) mass is 309 g/mol. The van der Waals surface area contributed by atoms with Crippen LogP contribution in [0.1, 0.15) is 24.5 Å². The number of nitrogens with zero attached hydrogens (tertiary/aromatic N) is 5. The molecule has 0 radical (unpaired) electrons. The maximum Gasteiger partial charge on any atom is 0.159 e. The highest BCUT2D eigenvalue weighted by Gasteiger charge is 2.19. The van der Waals surface area contributed by atoms with Crippen LogP contribution in [0.25, 0.3) is 11.5 Å². The fourth-order valence-electron chi connectivity index (χ4n) is 2.50. The predicted octanol–water partition coefficient (Wildman–Crippen LogP) is 2.53. The number of aryl methyl sites for hydroxylation is 1. The Bertz CT molecular complexity index is 756. The first kappa shape index (κ1) is 15.3. The highest BCUT2D eigenvalue weighted by atomic mass is 16.5. The molecule has 0 aliphatic carbocycles. The van der Waals surface area contributed by atoms with Gasteiger partial charge < -0.3 is 9.30 Å². The van der Waals surface area contributed by atoms with Crippen molar-refractivity contribution in [2.45, 2.75) is 19.4 Å². The zero-order chi connectivity index (χ0) is 16.1. The third-order valence-electron chi connectivity index (χ3n) is 3.61. The van der Waals surface area contributed by atoms with Gasteiger partial charge in [0, 0.05) is 38.3 Å². The molecule has 0 saturated heterocycles. The quantitative estimate of drug-likeness (QED) is 0.700. The average molecular weight is 309 g/mol. The Morgan fingerprint density at radius 3 is 2.74 bits per heavy atom. The van der Waals surface area contributed by atoms with E-state index in [1.54, 1.807) is 25.7 Å². The molecule has 0 aliphatic rings. The van der Waals surface area contributed by atoms with Crippen LogP contribution < -0.4 is 0 Å². The molecule has 0 saturated carbocycles. The van der Waals surface area contributed by atoms with Crippen molar-refractivity contribution in [3.05, 3.63) is 60.6 Å². The van der Waals surface area contributed by atoms with Crippen LogP contribution in [0.5, 0.6) is 0 Å².